The number of benzene rings is 6. The van der Waals surface area contributed by atoms with Crippen LogP contribution in [0.5, 0.6) is 0 Å². The zero-order chi connectivity index (χ0) is 29.9. The van der Waals surface area contributed by atoms with Crippen LogP contribution in [0.25, 0.3) is 49.7 Å². The van der Waals surface area contributed by atoms with Crippen molar-refractivity contribution in [3.8, 4) is 27.9 Å². The summed E-state index contributed by atoms with van der Waals surface area (Å²) in [5, 5.41) is 2.24. The highest BCUT2D eigenvalue weighted by molar-refractivity contribution is 6.37. The van der Waals surface area contributed by atoms with Crippen molar-refractivity contribution in [2.45, 2.75) is 13.8 Å². The Morgan fingerprint density at radius 1 is 0.477 bits per heavy atom. The predicted molar refractivity (Wildman–Crippen MR) is 179 cm³/mol. The van der Waals surface area contributed by atoms with Gasteiger partial charge in [0.05, 0.1) is 33.5 Å². The van der Waals surface area contributed by atoms with E-state index in [0.717, 1.165) is 44.1 Å². The number of amides is 2. The number of anilines is 1. The first-order valence-electron chi connectivity index (χ1n) is 14.8. The number of hydrogen-bond donors (Lipinski definition) is 0. The number of para-hydroxylation sites is 1. The molecule has 0 saturated carbocycles. The Morgan fingerprint density at radius 3 is 1.52 bits per heavy atom. The molecular formula is C40H28N2O2. The Kier molecular flexibility index (Phi) is 5.85. The summed E-state index contributed by atoms with van der Waals surface area (Å²) in [7, 11) is 0. The zero-order valence-electron chi connectivity index (χ0n) is 24.4. The van der Waals surface area contributed by atoms with Gasteiger partial charge in [-0.15, -0.1) is 0 Å². The predicted octanol–water partition coefficient (Wildman–Crippen LogP) is 9.54. The molecule has 0 spiro atoms. The first-order valence-corrected chi connectivity index (χ1v) is 14.8. The number of aromatic nitrogens is 1. The van der Waals surface area contributed by atoms with Gasteiger partial charge in [-0.25, -0.2) is 4.90 Å². The maximum atomic E-state index is 14.8. The maximum absolute atomic E-state index is 14.8. The molecule has 1 aliphatic rings. The molecule has 44 heavy (non-hydrogen) atoms. The minimum Gasteiger partial charge on any atom is -0.308 e. The number of carbonyl (C=O) groups is 2. The van der Waals surface area contributed by atoms with E-state index in [4.69, 9.17) is 0 Å². The Hall–Kier alpha value is -5.74. The molecule has 6 aromatic carbocycles. The number of imide groups is 1. The maximum Gasteiger partial charge on any atom is 0.268 e. The first-order chi connectivity index (χ1) is 21.5. The van der Waals surface area contributed by atoms with Crippen LogP contribution in [0.15, 0.2) is 133 Å². The van der Waals surface area contributed by atoms with Gasteiger partial charge in [0.15, 0.2) is 0 Å². The smallest absolute Gasteiger partial charge is 0.268 e. The van der Waals surface area contributed by atoms with Crippen LogP contribution < -0.4 is 4.90 Å². The molecule has 1 aliphatic heterocycles. The van der Waals surface area contributed by atoms with E-state index < -0.39 is 0 Å². The molecule has 0 saturated heterocycles. The van der Waals surface area contributed by atoms with Crippen molar-refractivity contribution in [3.05, 3.63) is 156 Å². The van der Waals surface area contributed by atoms with Crippen LogP contribution in [0.3, 0.4) is 0 Å². The van der Waals surface area contributed by atoms with Crippen molar-refractivity contribution in [1.29, 1.82) is 0 Å². The van der Waals surface area contributed by atoms with Gasteiger partial charge in [-0.05, 0) is 61.4 Å². The molecule has 0 aliphatic carbocycles. The third-order valence-electron chi connectivity index (χ3n) is 8.64. The molecule has 4 nitrogen and oxygen atoms in total. The van der Waals surface area contributed by atoms with E-state index in [-0.39, 0.29) is 11.8 Å². The number of hydrogen-bond acceptors (Lipinski definition) is 2. The van der Waals surface area contributed by atoms with E-state index in [2.05, 4.69) is 54.8 Å². The van der Waals surface area contributed by atoms with Gasteiger partial charge in [0.25, 0.3) is 11.8 Å². The lowest BCUT2D eigenvalue weighted by atomic mass is 9.95. The summed E-state index contributed by atoms with van der Waals surface area (Å²) in [6.07, 6.45) is 0. The molecular weight excluding hydrogens is 540 g/mol. The van der Waals surface area contributed by atoms with Crippen LogP contribution in [0.1, 0.15) is 31.8 Å². The Bertz CT molecular complexity index is 2160. The van der Waals surface area contributed by atoms with Crippen LogP contribution in [0.2, 0.25) is 0 Å². The highest BCUT2D eigenvalue weighted by Gasteiger charge is 2.41. The lowest BCUT2D eigenvalue weighted by molar-refractivity contribution is 0.0926. The second-order valence-electron chi connectivity index (χ2n) is 11.5. The SMILES string of the molecule is Cc1ccc2c(c1)c1cc(C)ccc1n2-c1cccc2c1C(=O)N(c1c(-c3ccccc3)cccc1-c1ccccc1)C2=O. The zero-order valence-corrected chi connectivity index (χ0v) is 24.4. The quantitative estimate of drug-likeness (QED) is 0.198. The molecule has 7 aromatic rings. The lowest BCUT2D eigenvalue weighted by Crippen LogP contribution is -2.30. The molecule has 0 atom stereocenters. The van der Waals surface area contributed by atoms with Gasteiger partial charge in [0.2, 0.25) is 0 Å². The van der Waals surface area contributed by atoms with Gasteiger partial charge >= 0.3 is 0 Å². The van der Waals surface area contributed by atoms with Crippen molar-refractivity contribution in [2.24, 2.45) is 0 Å². The van der Waals surface area contributed by atoms with Gasteiger partial charge in [-0.3, -0.25) is 9.59 Å². The molecule has 0 fully saturated rings. The van der Waals surface area contributed by atoms with Crippen molar-refractivity contribution in [3.63, 3.8) is 0 Å². The molecule has 210 valence electrons. The fraction of sp³-hybridized carbons (Fsp3) is 0.0500. The molecule has 0 unspecified atom stereocenters. The van der Waals surface area contributed by atoms with Gasteiger partial charge in [0.1, 0.15) is 0 Å². The van der Waals surface area contributed by atoms with E-state index in [1.165, 1.54) is 16.0 Å². The second kappa shape index (κ2) is 9.92. The van der Waals surface area contributed by atoms with Crippen LogP contribution in [-0.4, -0.2) is 16.4 Å². The Balaban J connectivity index is 1.39. The van der Waals surface area contributed by atoms with E-state index in [0.29, 0.717) is 22.5 Å². The summed E-state index contributed by atoms with van der Waals surface area (Å²) in [6, 6.07) is 44.2. The van der Waals surface area contributed by atoms with E-state index in [1.54, 1.807) is 6.07 Å². The third-order valence-corrected chi connectivity index (χ3v) is 8.64. The monoisotopic (exact) mass is 568 g/mol. The number of rotatable bonds is 4. The lowest BCUT2D eigenvalue weighted by Gasteiger charge is -2.23. The molecule has 0 bridgehead atoms. The Morgan fingerprint density at radius 2 is 0.977 bits per heavy atom. The number of aryl methyl sites for hydroxylation is 2. The van der Waals surface area contributed by atoms with Crippen LogP contribution in [0, 0.1) is 13.8 Å². The summed E-state index contributed by atoms with van der Waals surface area (Å²) < 4.78 is 2.14. The third kappa shape index (κ3) is 3.85. The van der Waals surface area contributed by atoms with Gasteiger partial charge in [-0.2, -0.15) is 0 Å². The topological polar surface area (TPSA) is 42.3 Å². The second-order valence-corrected chi connectivity index (χ2v) is 11.5. The average Bonchev–Trinajstić information content (AvgIpc) is 3.51. The number of carbonyl (C=O) groups excluding carboxylic acids is 2. The van der Waals surface area contributed by atoms with Crippen molar-refractivity contribution >= 4 is 39.3 Å². The van der Waals surface area contributed by atoms with E-state index in [9.17, 15) is 9.59 Å². The average molecular weight is 569 g/mol. The number of nitrogens with zero attached hydrogens (tertiary/aromatic N) is 2. The van der Waals surface area contributed by atoms with Crippen LogP contribution in [0.4, 0.5) is 5.69 Å². The van der Waals surface area contributed by atoms with E-state index >= 15 is 0 Å². The van der Waals surface area contributed by atoms with E-state index in [1.807, 2.05) is 91.0 Å². The van der Waals surface area contributed by atoms with Crippen LogP contribution in [-0.2, 0) is 0 Å². The van der Waals surface area contributed by atoms with Gasteiger partial charge in [-0.1, -0.05) is 108 Å². The Labute approximate surface area is 255 Å². The highest BCUT2D eigenvalue weighted by Crippen LogP contribution is 2.44. The molecule has 0 radical (unpaired) electrons. The fourth-order valence-electron chi connectivity index (χ4n) is 6.65. The molecule has 2 amide bonds. The highest BCUT2D eigenvalue weighted by atomic mass is 16.2. The summed E-state index contributed by atoms with van der Waals surface area (Å²) in [4.78, 5) is 30.6. The fourth-order valence-corrected chi connectivity index (χ4v) is 6.65. The molecule has 0 N–H and O–H groups in total. The normalized spacial score (nSPS) is 12.8. The van der Waals surface area contributed by atoms with Crippen molar-refractivity contribution in [1.82, 2.24) is 4.57 Å². The number of fused-ring (bicyclic) bond motifs is 4. The molecule has 8 rings (SSSR count). The largest absolute Gasteiger partial charge is 0.308 e. The minimum absolute atomic E-state index is 0.320. The van der Waals surface area contributed by atoms with Crippen molar-refractivity contribution < 1.29 is 9.59 Å². The first kappa shape index (κ1) is 25.9. The standard InChI is InChI=1S/C40H28N2O2/c1-25-19-21-34-32(23-25)33-24-26(2)20-22-35(33)41(34)36-18-10-17-31-37(36)40(44)42(39(31)43)38-29(27-11-5-3-6-12-27)15-9-16-30(38)28-13-7-4-8-14-28/h3-24H,1-2H3. The summed E-state index contributed by atoms with van der Waals surface area (Å²) in [6.45, 7) is 4.18. The molecule has 1 aromatic heterocycles. The summed E-state index contributed by atoms with van der Waals surface area (Å²) >= 11 is 0. The summed E-state index contributed by atoms with van der Waals surface area (Å²) in [5.74, 6) is -0.643. The van der Waals surface area contributed by atoms with Gasteiger partial charge in [0, 0.05) is 21.9 Å². The van der Waals surface area contributed by atoms with Crippen molar-refractivity contribution in [2.75, 3.05) is 4.90 Å². The van der Waals surface area contributed by atoms with Gasteiger partial charge < -0.3 is 4.57 Å². The summed E-state index contributed by atoms with van der Waals surface area (Å²) in [5.41, 5.74) is 9.97. The molecule has 2 heterocycles. The molecule has 4 heteroatoms. The minimum atomic E-state index is -0.324. The van der Waals surface area contributed by atoms with Crippen LogP contribution >= 0.6 is 0 Å².